The molecular formula is C17H25N2P. The first-order valence-corrected chi connectivity index (χ1v) is 9.37. The highest BCUT2D eigenvalue weighted by atomic mass is 31.1. The minimum atomic E-state index is -0.0468. The van der Waals surface area contributed by atoms with Crippen LogP contribution in [0.5, 0.6) is 0 Å². The Morgan fingerprint density at radius 2 is 1.80 bits per heavy atom. The van der Waals surface area contributed by atoms with E-state index in [1.807, 2.05) is 6.20 Å². The zero-order valence-electron chi connectivity index (χ0n) is 12.6. The van der Waals surface area contributed by atoms with E-state index in [0.29, 0.717) is 0 Å². The van der Waals surface area contributed by atoms with Crippen LogP contribution in [0.4, 0.5) is 0 Å². The van der Waals surface area contributed by atoms with Gasteiger partial charge in [0.2, 0.25) is 0 Å². The van der Waals surface area contributed by atoms with Gasteiger partial charge in [0.25, 0.3) is 0 Å². The molecule has 0 aromatic carbocycles. The van der Waals surface area contributed by atoms with Crippen LogP contribution in [0, 0.1) is 0 Å². The van der Waals surface area contributed by atoms with Gasteiger partial charge >= 0.3 is 0 Å². The molecular weight excluding hydrogens is 263 g/mol. The molecule has 2 aromatic rings. The molecule has 0 spiro atoms. The van der Waals surface area contributed by atoms with Crippen molar-refractivity contribution in [2.24, 2.45) is 0 Å². The molecule has 108 valence electrons. The fourth-order valence-corrected chi connectivity index (χ4v) is 4.78. The number of H-pyrrole nitrogens is 1. The van der Waals surface area contributed by atoms with Gasteiger partial charge in [-0.15, -0.1) is 0 Å². The van der Waals surface area contributed by atoms with Crippen LogP contribution in [0.3, 0.4) is 0 Å². The lowest BCUT2D eigenvalue weighted by atomic mass is 10.2. The second-order valence-corrected chi connectivity index (χ2v) is 7.60. The number of aromatic amines is 1. The Labute approximate surface area is 123 Å². The average Bonchev–Trinajstić information content (AvgIpc) is 2.98. The third kappa shape index (κ3) is 4.45. The van der Waals surface area contributed by atoms with Gasteiger partial charge in [-0.25, -0.2) is 0 Å². The summed E-state index contributed by atoms with van der Waals surface area (Å²) in [5.41, 5.74) is 3.88. The average molecular weight is 288 g/mol. The molecule has 0 fully saturated rings. The van der Waals surface area contributed by atoms with Crippen molar-refractivity contribution in [2.45, 2.75) is 39.5 Å². The Balaban J connectivity index is 2.02. The Kier molecular flexibility index (Phi) is 6.26. The van der Waals surface area contributed by atoms with E-state index in [2.05, 4.69) is 49.2 Å². The molecule has 0 unspecified atom stereocenters. The highest BCUT2D eigenvalue weighted by molar-refractivity contribution is 7.65. The maximum atomic E-state index is 4.92. The molecule has 2 nitrogen and oxygen atoms in total. The number of rotatable bonds is 8. The van der Waals surface area contributed by atoms with Gasteiger partial charge in [-0.3, -0.25) is 4.98 Å². The summed E-state index contributed by atoms with van der Waals surface area (Å²) in [5, 5.41) is 0. The van der Waals surface area contributed by atoms with Gasteiger partial charge in [0.05, 0.1) is 5.44 Å². The highest BCUT2D eigenvalue weighted by Crippen LogP contribution is 2.34. The highest BCUT2D eigenvalue weighted by Gasteiger charge is 2.11. The Morgan fingerprint density at radius 3 is 2.45 bits per heavy atom. The van der Waals surface area contributed by atoms with Gasteiger partial charge in [-0.1, -0.05) is 40.7 Å². The van der Waals surface area contributed by atoms with E-state index in [-0.39, 0.29) is 7.92 Å². The van der Waals surface area contributed by atoms with Gasteiger partial charge in [0.1, 0.15) is 0 Å². The Hall–Kier alpha value is -1.14. The van der Waals surface area contributed by atoms with E-state index in [9.17, 15) is 0 Å². The van der Waals surface area contributed by atoms with Crippen molar-refractivity contribution >= 4 is 13.4 Å². The van der Waals surface area contributed by atoms with Crippen LogP contribution in [0.15, 0.2) is 36.5 Å². The Morgan fingerprint density at radius 1 is 1.00 bits per heavy atom. The van der Waals surface area contributed by atoms with E-state index < -0.39 is 0 Å². The van der Waals surface area contributed by atoms with Crippen LogP contribution >= 0.6 is 7.92 Å². The van der Waals surface area contributed by atoms with Gasteiger partial charge in [-0.05, 0) is 49.4 Å². The van der Waals surface area contributed by atoms with Gasteiger partial charge in [0.15, 0.2) is 0 Å². The Bertz CT molecular complexity index is 487. The molecule has 2 heterocycles. The second kappa shape index (κ2) is 8.21. The number of nitrogens with zero attached hydrogens (tertiary/aromatic N) is 1. The summed E-state index contributed by atoms with van der Waals surface area (Å²) in [6.07, 6.45) is 9.21. The van der Waals surface area contributed by atoms with Crippen LogP contribution in [0.25, 0.3) is 0 Å². The molecule has 20 heavy (non-hydrogen) atoms. The first kappa shape index (κ1) is 15.3. The van der Waals surface area contributed by atoms with Crippen molar-refractivity contribution in [3.8, 4) is 0 Å². The number of nitrogens with one attached hydrogen (secondary N) is 1. The normalized spacial score (nSPS) is 11.2. The molecule has 0 atom stereocenters. The lowest BCUT2D eigenvalue weighted by Crippen LogP contribution is -2.12. The van der Waals surface area contributed by atoms with E-state index in [1.165, 1.54) is 42.0 Å². The zero-order valence-corrected chi connectivity index (χ0v) is 13.5. The van der Waals surface area contributed by atoms with Crippen molar-refractivity contribution in [2.75, 3.05) is 12.3 Å². The summed E-state index contributed by atoms with van der Waals surface area (Å²) >= 11 is 0. The topological polar surface area (TPSA) is 28.7 Å². The largest absolute Gasteiger partial charge is 0.365 e. The van der Waals surface area contributed by atoms with Gasteiger partial charge < -0.3 is 4.98 Å². The monoisotopic (exact) mass is 288 g/mol. The molecule has 0 saturated heterocycles. The van der Waals surface area contributed by atoms with Crippen LogP contribution in [-0.2, 0) is 12.8 Å². The molecule has 3 heteroatoms. The van der Waals surface area contributed by atoms with E-state index in [4.69, 9.17) is 4.98 Å². The van der Waals surface area contributed by atoms with Crippen LogP contribution < -0.4 is 5.44 Å². The second-order valence-electron chi connectivity index (χ2n) is 5.17. The van der Waals surface area contributed by atoms with Crippen LogP contribution in [0.1, 0.15) is 38.1 Å². The molecule has 0 bridgehead atoms. The maximum Gasteiger partial charge on any atom is 0.0634 e. The van der Waals surface area contributed by atoms with Crippen molar-refractivity contribution in [3.63, 3.8) is 0 Å². The standard InChI is InChI=1S/C17H25N2P/c1-3-13-20(14-4-2)17-9-5-7-16(19-17)11-10-15-8-6-12-18-15/h5-9,12,18H,3-4,10-11,13-14H2,1-2H3. The van der Waals surface area contributed by atoms with E-state index >= 15 is 0 Å². The molecule has 0 aliphatic rings. The quantitative estimate of drug-likeness (QED) is 0.727. The van der Waals surface area contributed by atoms with Gasteiger partial charge in [0, 0.05) is 17.6 Å². The minimum Gasteiger partial charge on any atom is -0.365 e. The van der Waals surface area contributed by atoms with Gasteiger partial charge in [-0.2, -0.15) is 0 Å². The van der Waals surface area contributed by atoms with Crippen molar-refractivity contribution in [1.82, 2.24) is 9.97 Å². The molecule has 0 aliphatic carbocycles. The number of hydrogen-bond donors (Lipinski definition) is 1. The predicted molar refractivity (Wildman–Crippen MR) is 89.3 cm³/mol. The third-order valence-corrected chi connectivity index (χ3v) is 6.29. The van der Waals surface area contributed by atoms with E-state index in [1.54, 1.807) is 0 Å². The summed E-state index contributed by atoms with van der Waals surface area (Å²) in [6.45, 7) is 4.56. The summed E-state index contributed by atoms with van der Waals surface area (Å²) in [7, 11) is -0.0468. The first-order valence-electron chi connectivity index (χ1n) is 7.66. The molecule has 0 aliphatic heterocycles. The summed E-state index contributed by atoms with van der Waals surface area (Å²) in [6, 6.07) is 10.8. The lowest BCUT2D eigenvalue weighted by Gasteiger charge is -2.16. The maximum absolute atomic E-state index is 4.92. The van der Waals surface area contributed by atoms with E-state index in [0.717, 1.165) is 12.8 Å². The van der Waals surface area contributed by atoms with Crippen LogP contribution in [-0.4, -0.2) is 22.3 Å². The lowest BCUT2D eigenvalue weighted by molar-refractivity contribution is 0.893. The number of aromatic nitrogens is 2. The summed E-state index contributed by atoms with van der Waals surface area (Å²) in [4.78, 5) is 8.19. The van der Waals surface area contributed by atoms with Crippen molar-refractivity contribution in [3.05, 3.63) is 47.9 Å². The smallest absolute Gasteiger partial charge is 0.0634 e. The molecule has 2 rings (SSSR count). The molecule has 2 aromatic heterocycles. The molecule has 1 N–H and O–H groups in total. The third-order valence-electron chi connectivity index (χ3n) is 3.42. The summed E-state index contributed by atoms with van der Waals surface area (Å²) < 4.78 is 0. The van der Waals surface area contributed by atoms with Crippen molar-refractivity contribution in [1.29, 1.82) is 0 Å². The van der Waals surface area contributed by atoms with Crippen molar-refractivity contribution < 1.29 is 0 Å². The minimum absolute atomic E-state index is 0.0468. The molecule has 0 radical (unpaired) electrons. The molecule has 0 saturated carbocycles. The fourth-order valence-electron chi connectivity index (χ4n) is 2.45. The van der Waals surface area contributed by atoms with Crippen LogP contribution in [0.2, 0.25) is 0 Å². The number of pyridine rings is 1. The molecule has 0 amide bonds. The summed E-state index contributed by atoms with van der Waals surface area (Å²) in [5.74, 6) is 0. The SMILES string of the molecule is CCCP(CCC)c1cccc(CCc2ccc[nH]2)n1. The predicted octanol–water partition coefficient (Wildman–Crippen LogP) is 4.12. The number of hydrogen-bond acceptors (Lipinski definition) is 1. The fraction of sp³-hybridized carbons (Fsp3) is 0.471. The number of aryl methyl sites for hydroxylation is 2. The first-order chi connectivity index (χ1) is 9.83. The zero-order chi connectivity index (χ0) is 14.2.